The second-order valence-corrected chi connectivity index (χ2v) is 4.88. The first kappa shape index (κ1) is 15.9. The fraction of sp³-hybridized carbons (Fsp3) is 0.125. The van der Waals surface area contributed by atoms with Crippen LogP contribution in [-0.4, -0.2) is 29.2 Å². The predicted molar refractivity (Wildman–Crippen MR) is 79.1 cm³/mol. The summed E-state index contributed by atoms with van der Waals surface area (Å²) in [5.41, 5.74) is 1.58. The van der Waals surface area contributed by atoms with Crippen LogP contribution in [0.3, 0.4) is 0 Å². The number of methoxy groups -OCH3 is 1. The molecule has 2 aromatic carbocycles. The molecule has 0 amide bonds. The van der Waals surface area contributed by atoms with Gasteiger partial charge in [-0.1, -0.05) is 0 Å². The van der Waals surface area contributed by atoms with Crippen LogP contribution in [-0.2, 0) is 4.74 Å². The maximum absolute atomic E-state index is 12.2. The third kappa shape index (κ3) is 3.32. The summed E-state index contributed by atoms with van der Waals surface area (Å²) in [5.74, 6) is -0.769. The van der Waals surface area contributed by atoms with Crippen molar-refractivity contribution in [2.24, 2.45) is 0 Å². The van der Waals surface area contributed by atoms with Gasteiger partial charge in [0, 0.05) is 11.6 Å². The third-order valence-corrected chi connectivity index (χ3v) is 3.26. The monoisotopic (exact) mass is 336 g/mol. The average molecular weight is 336 g/mol. The maximum Gasteiger partial charge on any atom is 0.573 e. The van der Waals surface area contributed by atoms with Crippen molar-refractivity contribution in [3.05, 3.63) is 54.2 Å². The van der Waals surface area contributed by atoms with E-state index in [4.69, 9.17) is 0 Å². The van der Waals surface area contributed by atoms with Gasteiger partial charge in [0.2, 0.25) is 0 Å². The minimum Gasteiger partial charge on any atom is -0.465 e. The summed E-state index contributed by atoms with van der Waals surface area (Å²) < 4.78 is 46.5. The van der Waals surface area contributed by atoms with Gasteiger partial charge in [-0.25, -0.2) is 9.48 Å². The van der Waals surface area contributed by atoms with Gasteiger partial charge in [0.25, 0.3) is 0 Å². The molecule has 0 aliphatic rings. The maximum atomic E-state index is 12.2. The van der Waals surface area contributed by atoms with Crippen LogP contribution in [0.5, 0.6) is 5.75 Å². The number of halogens is 3. The summed E-state index contributed by atoms with van der Waals surface area (Å²) in [4.78, 5) is 11.5. The number of hydrogen-bond donors (Lipinski definition) is 0. The van der Waals surface area contributed by atoms with Crippen molar-refractivity contribution in [3.63, 3.8) is 0 Å². The zero-order valence-electron chi connectivity index (χ0n) is 12.4. The van der Waals surface area contributed by atoms with E-state index in [1.807, 2.05) is 0 Å². The second kappa shape index (κ2) is 5.88. The highest BCUT2D eigenvalue weighted by atomic mass is 19.4. The van der Waals surface area contributed by atoms with E-state index in [0.717, 1.165) is 0 Å². The van der Waals surface area contributed by atoms with Gasteiger partial charge in [0.05, 0.1) is 23.9 Å². The number of esters is 1. The van der Waals surface area contributed by atoms with E-state index in [2.05, 4.69) is 14.6 Å². The van der Waals surface area contributed by atoms with Gasteiger partial charge in [-0.15, -0.1) is 13.2 Å². The Hall–Kier alpha value is -3.03. The molecule has 8 heteroatoms. The van der Waals surface area contributed by atoms with Crippen molar-refractivity contribution in [3.8, 4) is 11.4 Å². The van der Waals surface area contributed by atoms with Crippen molar-refractivity contribution < 1.29 is 27.4 Å². The van der Waals surface area contributed by atoms with Crippen molar-refractivity contribution >= 4 is 16.9 Å². The number of benzene rings is 2. The van der Waals surface area contributed by atoms with Crippen LogP contribution in [0.4, 0.5) is 13.2 Å². The number of nitrogens with zero attached hydrogens (tertiary/aromatic N) is 2. The Morgan fingerprint density at radius 3 is 2.46 bits per heavy atom. The molecule has 0 spiro atoms. The highest BCUT2D eigenvalue weighted by Gasteiger charge is 2.30. The number of ether oxygens (including phenoxy) is 2. The highest BCUT2D eigenvalue weighted by Crippen LogP contribution is 2.24. The molecule has 0 unspecified atom stereocenters. The first-order valence-electron chi connectivity index (χ1n) is 6.80. The first-order valence-corrected chi connectivity index (χ1v) is 6.80. The Labute approximate surface area is 134 Å². The number of carbonyl (C=O) groups is 1. The largest absolute Gasteiger partial charge is 0.573 e. The molecular weight excluding hydrogens is 325 g/mol. The summed E-state index contributed by atoms with van der Waals surface area (Å²) in [7, 11) is 1.29. The Bertz CT molecular complexity index is 886. The van der Waals surface area contributed by atoms with Crippen molar-refractivity contribution in [1.29, 1.82) is 0 Å². The van der Waals surface area contributed by atoms with Crippen LogP contribution in [0.2, 0.25) is 0 Å². The molecule has 0 N–H and O–H groups in total. The highest BCUT2D eigenvalue weighted by molar-refractivity contribution is 5.94. The molecule has 3 rings (SSSR count). The van der Waals surface area contributed by atoms with E-state index in [-0.39, 0.29) is 5.75 Å². The Kier molecular flexibility index (Phi) is 3.88. The Balaban J connectivity index is 1.90. The van der Waals surface area contributed by atoms with Gasteiger partial charge in [0.1, 0.15) is 5.75 Å². The molecule has 5 nitrogen and oxygen atoms in total. The summed E-state index contributed by atoms with van der Waals surface area (Å²) in [6.45, 7) is 0. The molecule has 0 atom stereocenters. The lowest BCUT2D eigenvalue weighted by molar-refractivity contribution is -0.274. The average Bonchev–Trinajstić information content (AvgIpc) is 2.96. The fourth-order valence-electron chi connectivity index (χ4n) is 2.20. The van der Waals surface area contributed by atoms with Crippen LogP contribution >= 0.6 is 0 Å². The van der Waals surface area contributed by atoms with Gasteiger partial charge in [-0.2, -0.15) is 5.10 Å². The number of rotatable bonds is 3. The standard InChI is InChI=1S/C16H11F3N2O3/c1-23-15(22)10-2-7-14-11(8-10)9-21(20-14)12-3-5-13(6-4-12)24-16(17,18)19/h2-9H,1H3. The zero-order valence-corrected chi connectivity index (χ0v) is 12.4. The first-order chi connectivity index (χ1) is 11.4. The van der Waals surface area contributed by atoms with Crippen LogP contribution in [0.1, 0.15) is 10.4 Å². The van der Waals surface area contributed by atoms with Gasteiger partial charge in [-0.05, 0) is 42.5 Å². The molecule has 0 aliphatic heterocycles. The fourth-order valence-corrected chi connectivity index (χ4v) is 2.20. The Morgan fingerprint density at radius 2 is 1.83 bits per heavy atom. The topological polar surface area (TPSA) is 53.3 Å². The van der Waals surface area contributed by atoms with E-state index in [1.54, 1.807) is 24.4 Å². The second-order valence-electron chi connectivity index (χ2n) is 4.88. The van der Waals surface area contributed by atoms with Crippen LogP contribution in [0.15, 0.2) is 48.7 Å². The summed E-state index contributed by atoms with van der Waals surface area (Å²) in [6.07, 6.45) is -3.06. The lowest BCUT2D eigenvalue weighted by Crippen LogP contribution is -2.17. The molecule has 1 heterocycles. The van der Waals surface area contributed by atoms with Gasteiger partial charge < -0.3 is 9.47 Å². The van der Waals surface area contributed by atoms with E-state index >= 15 is 0 Å². The van der Waals surface area contributed by atoms with E-state index in [1.165, 1.54) is 36.1 Å². The van der Waals surface area contributed by atoms with Crippen LogP contribution in [0.25, 0.3) is 16.6 Å². The normalized spacial score (nSPS) is 11.5. The van der Waals surface area contributed by atoms with Gasteiger partial charge in [0.15, 0.2) is 0 Å². The predicted octanol–water partition coefficient (Wildman–Crippen LogP) is 3.71. The van der Waals surface area contributed by atoms with E-state index < -0.39 is 12.3 Å². The SMILES string of the molecule is COC(=O)c1ccc2nn(-c3ccc(OC(F)(F)F)cc3)cc2c1. The lowest BCUT2D eigenvalue weighted by atomic mass is 10.2. The number of hydrogen-bond acceptors (Lipinski definition) is 4. The van der Waals surface area contributed by atoms with Gasteiger partial charge >= 0.3 is 12.3 Å². The van der Waals surface area contributed by atoms with Crippen molar-refractivity contribution in [1.82, 2.24) is 9.78 Å². The van der Waals surface area contributed by atoms with E-state index in [0.29, 0.717) is 22.2 Å². The summed E-state index contributed by atoms with van der Waals surface area (Å²) in [5, 5.41) is 5.02. The number of alkyl halides is 3. The van der Waals surface area contributed by atoms with Crippen molar-refractivity contribution in [2.75, 3.05) is 7.11 Å². The van der Waals surface area contributed by atoms with Crippen LogP contribution < -0.4 is 4.74 Å². The molecule has 124 valence electrons. The zero-order chi connectivity index (χ0) is 17.3. The molecule has 24 heavy (non-hydrogen) atoms. The minimum absolute atomic E-state index is 0.309. The quantitative estimate of drug-likeness (QED) is 0.684. The third-order valence-electron chi connectivity index (χ3n) is 3.26. The number of carbonyl (C=O) groups excluding carboxylic acids is 1. The molecule has 0 saturated heterocycles. The Morgan fingerprint density at radius 1 is 1.12 bits per heavy atom. The van der Waals surface area contributed by atoms with Gasteiger partial charge in [-0.3, -0.25) is 0 Å². The summed E-state index contributed by atoms with van der Waals surface area (Å²) in [6, 6.07) is 10.2. The summed E-state index contributed by atoms with van der Waals surface area (Å²) >= 11 is 0. The minimum atomic E-state index is -4.73. The molecule has 0 radical (unpaired) electrons. The number of aromatic nitrogens is 2. The molecule has 0 fully saturated rings. The molecule has 0 aliphatic carbocycles. The molecule has 0 bridgehead atoms. The van der Waals surface area contributed by atoms with E-state index in [9.17, 15) is 18.0 Å². The van der Waals surface area contributed by atoms with Crippen molar-refractivity contribution in [2.45, 2.75) is 6.36 Å². The lowest BCUT2D eigenvalue weighted by Gasteiger charge is -2.09. The molecular formula is C16H11F3N2O3. The molecule has 1 aromatic heterocycles. The van der Waals surface area contributed by atoms with Crippen LogP contribution in [0, 0.1) is 0 Å². The molecule has 0 saturated carbocycles. The number of fused-ring (bicyclic) bond motifs is 1. The smallest absolute Gasteiger partial charge is 0.465 e. The molecule has 3 aromatic rings.